The van der Waals surface area contributed by atoms with E-state index in [4.69, 9.17) is 12.2 Å². The molecule has 1 amide bonds. The Hall–Kier alpha value is -0.120. The fourth-order valence-electron chi connectivity index (χ4n) is 3.75. The second-order valence-electron chi connectivity index (χ2n) is 6.47. The Bertz CT molecular complexity index is 625. The molecule has 5 atom stereocenters. The first kappa shape index (κ1) is 20.2. The van der Waals surface area contributed by atoms with Crippen LogP contribution in [0.5, 0.6) is 0 Å². The Kier molecular flexibility index (Phi) is 6.10. The summed E-state index contributed by atoms with van der Waals surface area (Å²) in [5.41, 5.74) is -0.0186. The van der Waals surface area contributed by atoms with Crippen molar-refractivity contribution >= 4 is 40.8 Å². The van der Waals surface area contributed by atoms with Gasteiger partial charge in [-0.2, -0.15) is 0 Å². The molecule has 0 radical (unpaired) electrons. The van der Waals surface area contributed by atoms with E-state index in [2.05, 4.69) is 0 Å². The first-order valence-corrected chi connectivity index (χ1v) is 8.90. The maximum atomic E-state index is 12.2. The normalized spacial score (nSPS) is 33.3. The maximum Gasteiger partial charge on any atom is 1.00 e. The van der Waals surface area contributed by atoms with Gasteiger partial charge in [-0.25, -0.2) is 0 Å². The van der Waals surface area contributed by atoms with Crippen molar-refractivity contribution < 1.29 is 49.4 Å². The summed E-state index contributed by atoms with van der Waals surface area (Å²) in [7, 11) is 1.93. The van der Waals surface area contributed by atoms with E-state index in [1.165, 1.54) is 16.7 Å². The Balaban J connectivity index is 0.00000208. The van der Waals surface area contributed by atoms with Crippen molar-refractivity contribution in [2.75, 3.05) is 13.6 Å². The molecule has 0 aromatic rings. The number of amides is 1. The Labute approximate surface area is 172 Å². The van der Waals surface area contributed by atoms with Crippen LogP contribution in [0.1, 0.15) is 20.3 Å². The molecule has 0 bridgehead atoms. The van der Waals surface area contributed by atoms with Crippen molar-refractivity contribution in [3.63, 3.8) is 0 Å². The van der Waals surface area contributed by atoms with E-state index in [-0.39, 0.29) is 58.4 Å². The molecule has 9 heteroatoms. The van der Waals surface area contributed by atoms with Crippen LogP contribution in [-0.2, 0) is 9.59 Å². The molecule has 24 heavy (non-hydrogen) atoms. The summed E-state index contributed by atoms with van der Waals surface area (Å²) in [6, 6.07) is -0.288. The number of carbonyl (C=O) groups excluding carboxylic acids is 2. The van der Waals surface area contributed by atoms with E-state index in [0.717, 1.165) is 18.0 Å². The number of rotatable bonds is 4. The second-order valence-corrected chi connectivity index (χ2v) is 8.29. The summed E-state index contributed by atoms with van der Waals surface area (Å²) in [6.07, 6.45) is -0.0605. The molecule has 0 unspecified atom stereocenters. The molecule has 0 spiro atoms. The second kappa shape index (κ2) is 7.25. The predicted molar refractivity (Wildman–Crippen MR) is 88.2 cm³/mol. The number of likely N-dealkylation sites (tertiary alicyclic amines) is 1. The molecule has 0 aromatic carbocycles. The number of thiocarbonyl (C=S) groups is 1. The van der Waals surface area contributed by atoms with Gasteiger partial charge in [-0.05, 0) is 6.92 Å². The topological polar surface area (TPSA) is 83.9 Å². The first-order valence-electron chi connectivity index (χ1n) is 7.61. The van der Waals surface area contributed by atoms with Crippen LogP contribution in [0, 0.1) is 11.8 Å². The van der Waals surface area contributed by atoms with Crippen molar-refractivity contribution in [2.24, 2.45) is 11.8 Å². The number of fused-ring (bicyclic) bond motifs is 1. The minimum Gasteiger partial charge on any atom is -0.543 e. The number of β-lactam (4-membered cyclic amide) rings is 1. The molecule has 2 saturated heterocycles. The smallest absolute Gasteiger partial charge is 0.543 e. The first-order chi connectivity index (χ1) is 10.7. The van der Waals surface area contributed by atoms with Gasteiger partial charge in [-0.1, -0.05) is 19.1 Å². The number of hydrogen-bond acceptors (Lipinski definition) is 6. The van der Waals surface area contributed by atoms with Gasteiger partial charge in [-0.15, -0.1) is 11.8 Å². The van der Waals surface area contributed by atoms with E-state index >= 15 is 0 Å². The molecule has 1 N–H and O–H groups in total. The number of carboxylic acids is 1. The summed E-state index contributed by atoms with van der Waals surface area (Å²) < 4.78 is 0. The van der Waals surface area contributed by atoms with E-state index in [0.29, 0.717) is 4.91 Å². The number of hydrogen-bond donors (Lipinski definition) is 1. The number of nitrogens with zero attached hydrogens (tertiary/aromatic N) is 2. The molecule has 0 aliphatic carbocycles. The Morgan fingerprint density at radius 2 is 2.12 bits per heavy atom. The number of aliphatic carboxylic acids is 1. The molecular weight excluding hydrogens is 359 g/mol. The summed E-state index contributed by atoms with van der Waals surface area (Å²) >= 11 is 6.76. The standard InChI is InChI=1S/C15H20N2O4S2.Na/c1-6-11-10(7(2)18)14(19)17(11)12(15(20)21)13(6)23-8-4-9(22)16(3)5-8;/h6-8,10-11,18H,4-5H2,1-3H3,(H,20,21);/q;+1/p-1/t6-,7-,8+,10-,11-;/m1./s1. The third-order valence-electron chi connectivity index (χ3n) is 4.90. The third kappa shape index (κ3) is 3.05. The summed E-state index contributed by atoms with van der Waals surface area (Å²) in [5, 5.41) is 21.6. The van der Waals surface area contributed by atoms with Gasteiger partial charge in [-0.3, -0.25) is 4.79 Å². The zero-order valence-electron chi connectivity index (χ0n) is 14.2. The molecule has 3 aliphatic rings. The predicted octanol–water partition coefficient (Wildman–Crippen LogP) is -3.43. The van der Waals surface area contributed by atoms with Gasteiger partial charge >= 0.3 is 29.6 Å². The van der Waals surface area contributed by atoms with E-state index in [9.17, 15) is 19.8 Å². The molecule has 0 saturated carbocycles. The van der Waals surface area contributed by atoms with Gasteiger partial charge in [0.05, 0.1) is 34.7 Å². The SMILES string of the molecule is C[C@@H](O)[C@H]1C(=O)N2C(C(=O)[O-])=C(S[C@H]3CC(=S)N(C)C3)[C@H](C)[C@H]12.[Na+]. The fraction of sp³-hybridized carbons (Fsp3) is 0.667. The third-order valence-corrected chi connectivity index (χ3v) is 6.85. The van der Waals surface area contributed by atoms with Crippen LogP contribution in [0.15, 0.2) is 10.6 Å². The molecule has 2 fully saturated rings. The summed E-state index contributed by atoms with van der Waals surface area (Å²) in [6.45, 7) is 4.24. The van der Waals surface area contributed by atoms with Crippen LogP contribution in [0.2, 0.25) is 0 Å². The van der Waals surface area contributed by atoms with Crippen LogP contribution >= 0.6 is 24.0 Å². The van der Waals surface area contributed by atoms with Gasteiger partial charge in [0.1, 0.15) is 0 Å². The van der Waals surface area contributed by atoms with Crippen molar-refractivity contribution in [2.45, 2.75) is 37.7 Å². The quantitative estimate of drug-likeness (QED) is 0.310. The van der Waals surface area contributed by atoms with Crippen molar-refractivity contribution in [1.29, 1.82) is 0 Å². The number of thioether (sulfide) groups is 1. The van der Waals surface area contributed by atoms with Crippen molar-refractivity contribution in [3.05, 3.63) is 10.6 Å². The van der Waals surface area contributed by atoms with Gasteiger partial charge in [0, 0.05) is 36.1 Å². The van der Waals surface area contributed by atoms with Crippen molar-refractivity contribution in [3.8, 4) is 0 Å². The van der Waals surface area contributed by atoms with E-state index in [1.54, 1.807) is 6.92 Å². The maximum absolute atomic E-state index is 12.2. The molecule has 3 heterocycles. The molecule has 3 aliphatic heterocycles. The minimum atomic E-state index is -1.33. The number of aliphatic hydroxyl groups excluding tert-OH is 1. The van der Waals surface area contributed by atoms with Crippen LogP contribution in [0.3, 0.4) is 0 Å². The van der Waals surface area contributed by atoms with Gasteiger partial charge in [0.25, 0.3) is 0 Å². The van der Waals surface area contributed by atoms with Crippen LogP contribution < -0.4 is 34.7 Å². The zero-order chi connectivity index (χ0) is 17.0. The molecule has 6 nitrogen and oxygen atoms in total. The summed E-state index contributed by atoms with van der Waals surface area (Å²) in [5.74, 6) is -2.31. The van der Waals surface area contributed by atoms with Gasteiger partial charge in [0.15, 0.2) is 0 Å². The number of carbonyl (C=O) groups is 2. The Morgan fingerprint density at radius 1 is 1.50 bits per heavy atom. The molecule has 3 rings (SSSR count). The number of aliphatic hydroxyl groups is 1. The van der Waals surface area contributed by atoms with Crippen LogP contribution in [0.4, 0.5) is 0 Å². The minimum absolute atomic E-state index is 0. The van der Waals surface area contributed by atoms with E-state index in [1.807, 2.05) is 18.9 Å². The van der Waals surface area contributed by atoms with E-state index < -0.39 is 18.0 Å². The van der Waals surface area contributed by atoms with Gasteiger partial charge < -0.3 is 24.8 Å². The van der Waals surface area contributed by atoms with Crippen LogP contribution in [-0.4, -0.2) is 62.8 Å². The number of carboxylic acid groups (broad SMARTS) is 1. The zero-order valence-corrected chi connectivity index (χ0v) is 17.8. The van der Waals surface area contributed by atoms with Crippen molar-refractivity contribution in [1.82, 2.24) is 9.80 Å². The average Bonchev–Trinajstić information content (AvgIpc) is 2.87. The van der Waals surface area contributed by atoms with Crippen LogP contribution in [0.25, 0.3) is 0 Å². The summed E-state index contributed by atoms with van der Waals surface area (Å²) in [4.78, 5) is 28.7. The molecular formula is C15H19N2NaO4S2. The Morgan fingerprint density at radius 3 is 2.58 bits per heavy atom. The monoisotopic (exact) mass is 378 g/mol. The van der Waals surface area contributed by atoms with Gasteiger partial charge in [0.2, 0.25) is 5.91 Å². The fourth-order valence-corrected chi connectivity index (χ4v) is 5.68. The largest absolute Gasteiger partial charge is 1.00 e. The average molecular weight is 378 g/mol. The molecule has 0 aromatic heterocycles. The molecule has 126 valence electrons.